The molecule has 4 heteroatoms. The van der Waals surface area contributed by atoms with Crippen molar-refractivity contribution in [2.75, 3.05) is 22.9 Å². The van der Waals surface area contributed by atoms with Gasteiger partial charge in [-0.25, -0.2) is 0 Å². The Bertz CT molecular complexity index is 483. The summed E-state index contributed by atoms with van der Waals surface area (Å²) in [5, 5.41) is 1.23. The molecular formula is C18H26Cl2N2. The van der Waals surface area contributed by atoms with Crippen LogP contribution in [0.3, 0.4) is 0 Å². The van der Waals surface area contributed by atoms with Crippen molar-refractivity contribution in [2.24, 2.45) is 0 Å². The molecule has 1 aromatic carbocycles. The maximum absolute atomic E-state index is 6.23. The second-order valence-electron chi connectivity index (χ2n) is 5.89. The van der Waals surface area contributed by atoms with Crippen LogP contribution < -0.4 is 9.80 Å². The summed E-state index contributed by atoms with van der Waals surface area (Å²) in [6.45, 7) is 10.7. The van der Waals surface area contributed by atoms with E-state index in [1.54, 1.807) is 0 Å². The lowest BCUT2D eigenvalue weighted by molar-refractivity contribution is 0.686. The summed E-state index contributed by atoms with van der Waals surface area (Å²) < 4.78 is 0. The van der Waals surface area contributed by atoms with E-state index in [1.807, 2.05) is 12.1 Å². The molecule has 0 aromatic heterocycles. The standard InChI is InChI=1S/C18H26Cl2N2/c1-4-6-8-10-21-14(3)22(11-9-7-5-2)18-13-16(20)15(19)12-17(18)21/h12-13H,3-11H2,1-2H3. The molecule has 0 bridgehead atoms. The van der Waals surface area contributed by atoms with Crippen molar-refractivity contribution in [3.63, 3.8) is 0 Å². The van der Waals surface area contributed by atoms with Gasteiger partial charge in [0.15, 0.2) is 0 Å². The molecule has 0 unspecified atom stereocenters. The fourth-order valence-electron chi connectivity index (χ4n) is 2.92. The Kier molecular flexibility index (Phi) is 6.46. The monoisotopic (exact) mass is 340 g/mol. The predicted molar refractivity (Wildman–Crippen MR) is 99.3 cm³/mol. The first-order valence-electron chi connectivity index (χ1n) is 8.33. The zero-order valence-corrected chi connectivity index (χ0v) is 15.2. The van der Waals surface area contributed by atoms with Crippen molar-refractivity contribution < 1.29 is 0 Å². The maximum Gasteiger partial charge on any atom is 0.106 e. The van der Waals surface area contributed by atoms with Gasteiger partial charge in [0.1, 0.15) is 5.82 Å². The second kappa shape index (κ2) is 8.12. The van der Waals surface area contributed by atoms with Gasteiger partial charge in [-0.3, -0.25) is 0 Å². The number of hydrogen-bond donors (Lipinski definition) is 0. The van der Waals surface area contributed by atoms with Crippen molar-refractivity contribution in [3.05, 3.63) is 34.6 Å². The number of unbranched alkanes of at least 4 members (excludes halogenated alkanes) is 4. The average molecular weight is 341 g/mol. The van der Waals surface area contributed by atoms with E-state index in [0.29, 0.717) is 10.0 Å². The number of hydrogen-bond acceptors (Lipinski definition) is 2. The molecular weight excluding hydrogens is 315 g/mol. The Hall–Kier alpha value is -0.860. The average Bonchev–Trinajstić information content (AvgIpc) is 2.73. The van der Waals surface area contributed by atoms with Gasteiger partial charge in [-0.1, -0.05) is 69.3 Å². The fraction of sp³-hybridized carbons (Fsp3) is 0.556. The van der Waals surface area contributed by atoms with Crippen LogP contribution in [0.25, 0.3) is 0 Å². The SMILES string of the molecule is C=C1N(CCCCC)c2cc(Cl)c(Cl)cc2N1CCCCC. The number of halogens is 2. The number of rotatable bonds is 8. The van der Waals surface area contributed by atoms with E-state index < -0.39 is 0 Å². The lowest BCUT2D eigenvalue weighted by atomic mass is 10.2. The highest BCUT2D eigenvalue weighted by Crippen LogP contribution is 2.45. The summed E-state index contributed by atoms with van der Waals surface area (Å²) in [6, 6.07) is 3.96. The summed E-state index contributed by atoms with van der Waals surface area (Å²) in [5.74, 6) is 1.06. The Labute approximate surface area is 144 Å². The fourth-order valence-corrected chi connectivity index (χ4v) is 3.24. The van der Waals surface area contributed by atoms with E-state index in [-0.39, 0.29) is 0 Å². The number of nitrogens with zero attached hydrogens (tertiary/aromatic N) is 2. The highest BCUT2D eigenvalue weighted by molar-refractivity contribution is 6.42. The highest BCUT2D eigenvalue weighted by atomic mass is 35.5. The van der Waals surface area contributed by atoms with E-state index in [9.17, 15) is 0 Å². The highest BCUT2D eigenvalue weighted by Gasteiger charge is 2.30. The maximum atomic E-state index is 6.23. The molecule has 0 N–H and O–H groups in total. The van der Waals surface area contributed by atoms with Crippen LogP contribution in [0.15, 0.2) is 24.5 Å². The van der Waals surface area contributed by atoms with Crippen LogP contribution in [0.2, 0.25) is 10.0 Å². The van der Waals surface area contributed by atoms with Gasteiger partial charge in [0, 0.05) is 13.1 Å². The van der Waals surface area contributed by atoms with Crippen molar-refractivity contribution in [3.8, 4) is 0 Å². The number of fused-ring (bicyclic) bond motifs is 1. The zero-order valence-electron chi connectivity index (χ0n) is 13.7. The van der Waals surface area contributed by atoms with Crippen LogP contribution in [0.1, 0.15) is 52.4 Å². The molecule has 2 rings (SSSR count). The first-order valence-corrected chi connectivity index (χ1v) is 9.08. The molecule has 1 aromatic rings. The van der Waals surface area contributed by atoms with Crippen molar-refractivity contribution in [2.45, 2.75) is 52.4 Å². The van der Waals surface area contributed by atoms with E-state index in [4.69, 9.17) is 23.2 Å². The molecule has 0 aliphatic carbocycles. The van der Waals surface area contributed by atoms with Crippen molar-refractivity contribution in [1.29, 1.82) is 0 Å². The molecule has 0 radical (unpaired) electrons. The number of anilines is 2. The van der Waals surface area contributed by atoms with E-state index >= 15 is 0 Å². The van der Waals surface area contributed by atoms with E-state index in [1.165, 1.54) is 25.7 Å². The van der Waals surface area contributed by atoms with Gasteiger partial charge >= 0.3 is 0 Å². The predicted octanol–water partition coefficient (Wildman–Crippen LogP) is 6.47. The molecule has 1 aliphatic rings. The van der Waals surface area contributed by atoms with Crippen LogP contribution >= 0.6 is 23.2 Å². The largest absolute Gasteiger partial charge is 0.326 e. The van der Waals surface area contributed by atoms with Crippen molar-refractivity contribution >= 4 is 34.6 Å². The van der Waals surface area contributed by atoms with Gasteiger partial charge in [0.2, 0.25) is 0 Å². The second-order valence-corrected chi connectivity index (χ2v) is 6.70. The van der Waals surface area contributed by atoms with Crippen LogP contribution in [0.4, 0.5) is 11.4 Å². The summed E-state index contributed by atoms with van der Waals surface area (Å²) in [7, 11) is 0. The van der Waals surface area contributed by atoms with Gasteiger partial charge in [0.25, 0.3) is 0 Å². The van der Waals surface area contributed by atoms with E-state index in [0.717, 1.165) is 43.1 Å². The van der Waals surface area contributed by atoms with E-state index in [2.05, 4.69) is 30.2 Å². The zero-order chi connectivity index (χ0) is 16.1. The molecule has 1 heterocycles. The third-order valence-corrected chi connectivity index (χ3v) is 4.91. The third kappa shape index (κ3) is 3.72. The quantitative estimate of drug-likeness (QED) is 0.500. The molecule has 0 spiro atoms. The molecule has 22 heavy (non-hydrogen) atoms. The van der Waals surface area contributed by atoms with Crippen LogP contribution in [0.5, 0.6) is 0 Å². The summed E-state index contributed by atoms with van der Waals surface area (Å²) in [4.78, 5) is 4.58. The molecule has 0 atom stereocenters. The Morgan fingerprint density at radius 1 is 0.818 bits per heavy atom. The van der Waals surface area contributed by atoms with Gasteiger partial charge in [-0.2, -0.15) is 0 Å². The van der Waals surface area contributed by atoms with Gasteiger partial charge in [0.05, 0.1) is 21.4 Å². The molecule has 2 nitrogen and oxygen atoms in total. The van der Waals surface area contributed by atoms with Crippen LogP contribution in [-0.2, 0) is 0 Å². The summed E-state index contributed by atoms with van der Waals surface area (Å²) in [5.41, 5.74) is 2.29. The first-order chi connectivity index (χ1) is 10.6. The normalized spacial score (nSPS) is 13.9. The Morgan fingerprint density at radius 2 is 1.23 bits per heavy atom. The molecule has 1 aliphatic heterocycles. The minimum Gasteiger partial charge on any atom is -0.326 e. The smallest absolute Gasteiger partial charge is 0.106 e. The first kappa shape index (κ1) is 17.5. The van der Waals surface area contributed by atoms with Gasteiger partial charge < -0.3 is 9.80 Å². The summed E-state index contributed by atoms with van der Waals surface area (Å²) >= 11 is 12.5. The lowest BCUT2D eigenvalue weighted by Crippen LogP contribution is -2.29. The van der Waals surface area contributed by atoms with Crippen LogP contribution in [-0.4, -0.2) is 13.1 Å². The van der Waals surface area contributed by atoms with Crippen molar-refractivity contribution in [1.82, 2.24) is 0 Å². The van der Waals surface area contributed by atoms with Crippen LogP contribution in [0, 0.1) is 0 Å². The molecule has 122 valence electrons. The van der Waals surface area contributed by atoms with Gasteiger partial charge in [-0.05, 0) is 25.0 Å². The molecule has 0 saturated carbocycles. The lowest BCUT2D eigenvalue weighted by Gasteiger charge is -2.24. The number of benzene rings is 1. The minimum atomic E-state index is 0.615. The minimum absolute atomic E-state index is 0.615. The molecule has 0 saturated heterocycles. The third-order valence-electron chi connectivity index (χ3n) is 4.19. The molecule has 0 amide bonds. The Morgan fingerprint density at radius 3 is 1.59 bits per heavy atom. The molecule has 0 fully saturated rings. The topological polar surface area (TPSA) is 6.48 Å². The van der Waals surface area contributed by atoms with Gasteiger partial charge in [-0.15, -0.1) is 0 Å². The Balaban J connectivity index is 2.24. The summed E-state index contributed by atoms with van der Waals surface area (Å²) in [6.07, 6.45) is 7.23.